The van der Waals surface area contributed by atoms with Crippen molar-refractivity contribution in [2.45, 2.75) is 19.8 Å². The van der Waals surface area contributed by atoms with Gasteiger partial charge in [-0.1, -0.05) is 11.6 Å². The van der Waals surface area contributed by atoms with Gasteiger partial charge in [0, 0.05) is 15.9 Å². The van der Waals surface area contributed by atoms with E-state index in [4.69, 9.17) is 16.3 Å². The molecule has 0 atom stereocenters. The first-order chi connectivity index (χ1) is 8.52. The number of hydrogen-bond donors (Lipinski definition) is 1. The van der Waals surface area contributed by atoms with E-state index in [1.54, 1.807) is 25.1 Å². The minimum atomic E-state index is -0.377. The molecular weight excluding hydrogens is 321 g/mol. The monoisotopic (exact) mass is 333 g/mol. The number of halogens is 2. The third-order valence-electron chi connectivity index (χ3n) is 2.06. The zero-order valence-corrected chi connectivity index (χ0v) is 12.2. The van der Waals surface area contributed by atoms with Gasteiger partial charge in [0.2, 0.25) is 5.91 Å². The molecule has 0 radical (unpaired) electrons. The Morgan fingerprint density at radius 2 is 2.11 bits per heavy atom. The summed E-state index contributed by atoms with van der Waals surface area (Å²) in [7, 11) is 0. The zero-order valence-electron chi connectivity index (χ0n) is 9.83. The third kappa shape index (κ3) is 5.06. The number of nitrogens with one attached hydrogen (secondary N) is 1. The number of amides is 1. The second kappa shape index (κ2) is 7.38. The molecule has 0 aliphatic heterocycles. The summed E-state index contributed by atoms with van der Waals surface area (Å²) in [5.74, 6) is -0.635. The van der Waals surface area contributed by atoms with E-state index in [0.717, 1.165) is 4.47 Å². The Hall–Kier alpha value is -1.07. The molecule has 0 unspecified atom stereocenters. The Labute approximate surface area is 119 Å². The molecule has 1 amide bonds. The Balaban J connectivity index is 2.49. The van der Waals surface area contributed by atoms with Crippen molar-refractivity contribution in [3.8, 4) is 0 Å². The van der Waals surface area contributed by atoms with Crippen LogP contribution < -0.4 is 5.32 Å². The smallest absolute Gasteiger partial charge is 0.306 e. The summed E-state index contributed by atoms with van der Waals surface area (Å²) in [6.45, 7) is 2.04. The summed E-state index contributed by atoms with van der Waals surface area (Å²) in [6.07, 6.45) is 0.148. The van der Waals surface area contributed by atoms with E-state index in [0.29, 0.717) is 17.3 Å². The van der Waals surface area contributed by atoms with E-state index in [1.165, 1.54) is 0 Å². The molecule has 1 aromatic rings. The molecule has 0 saturated heterocycles. The van der Waals surface area contributed by atoms with Gasteiger partial charge in [-0.3, -0.25) is 9.59 Å². The second-order valence-corrected chi connectivity index (χ2v) is 4.77. The molecule has 0 fully saturated rings. The SMILES string of the molecule is CCOC(=O)CCC(=O)Nc1cc(Cl)ccc1Br. The first-order valence-electron chi connectivity index (χ1n) is 5.43. The van der Waals surface area contributed by atoms with Crippen molar-refractivity contribution in [3.05, 3.63) is 27.7 Å². The van der Waals surface area contributed by atoms with E-state index >= 15 is 0 Å². The summed E-state index contributed by atoms with van der Waals surface area (Å²) in [6, 6.07) is 5.08. The normalized spacial score (nSPS) is 9.94. The number of ether oxygens (including phenoxy) is 1. The highest BCUT2D eigenvalue weighted by molar-refractivity contribution is 9.10. The molecule has 0 heterocycles. The van der Waals surface area contributed by atoms with Crippen LogP contribution in [-0.4, -0.2) is 18.5 Å². The molecule has 98 valence electrons. The van der Waals surface area contributed by atoms with Gasteiger partial charge in [0.05, 0.1) is 18.7 Å². The average Bonchev–Trinajstić information content (AvgIpc) is 2.32. The predicted octanol–water partition coefficient (Wildman–Crippen LogP) is 3.38. The van der Waals surface area contributed by atoms with Crippen molar-refractivity contribution in [3.63, 3.8) is 0 Å². The lowest BCUT2D eigenvalue weighted by Gasteiger charge is -2.07. The molecule has 0 saturated carbocycles. The lowest BCUT2D eigenvalue weighted by atomic mass is 10.2. The largest absolute Gasteiger partial charge is 0.466 e. The fraction of sp³-hybridized carbons (Fsp3) is 0.333. The fourth-order valence-corrected chi connectivity index (χ4v) is 1.77. The first kappa shape index (κ1) is 15.0. The molecule has 0 spiro atoms. The van der Waals surface area contributed by atoms with Gasteiger partial charge in [-0.25, -0.2) is 0 Å². The number of carbonyl (C=O) groups is 2. The van der Waals surface area contributed by atoms with Crippen molar-refractivity contribution in [2.75, 3.05) is 11.9 Å². The maximum Gasteiger partial charge on any atom is 0.306 e. The van der Waals surface area contributed by atoms with Crippen molar-refractivity contribution >= 4 is 45.1 Å². The van der Waals surface area contributed by atoms with E-state index in [9.17, 15) is 9.59 Å². The number of rotatable bonds is 5. The zero-order chi connectivity index (χ0) is 13.5. The van der Waals surface area contributed by atoms with Crippen molar-refractivity contribution in [2.24, 2.45) is 0 Å². The van der Waals surface area contributed by atoms with Gasteiger partial charge in [-0.2, -0.15) is 0 Å². The number of anilines is 1. The summed E-state index contributed by atoms with van der Waals surface area (Å²) in [5, 5.41) is 3.20. The number of benzene rings is 1. The first-order valence-corrected chi connectivity index (χ1v) is 6.60. The molecule has 4 nitrogen and oxygen atoms in total. The average molecular weight is 335 g/mol. The maximum absolute atomic E-state index is 11.6. The summed E-state index contributed by atoms with van der Waals surface area (Å²) in [4.78, 5) is 22.7. The van der Waals surface area contributed by atoms with Crippen molar-refractivity contribution < 1.29 is 14.3 Å². The molecule has 0 aliphatic rings. The summed E-state index contributed by atoms with van der Waals surface area (Å²) >= 11 is 9.12. The fourth-order valence-electron chi connectivity index (χ4n) is 1.25. The number of carbonyl (C=O) groups excluding carboxylic acids is 2. The highest BCUT2D eigenvalue weighted by Crippen LogP contribution is 2.25. The number of esters is 1. The highest BCUT2D eigenvalue weighted by Gasteiger charge is 2.09. The Morgan fingerprint density at radius 3 is 2.78 bits per heavy atom. The summed E-state index contributed by atoms with van der Waals surface area (Å²) < 4.78 is 5.47. The molecule has 1 aromatic carbocycles. The molecule has 1 N–H and O–H groups in total. The van der Waals surface area contributed by atoms with Crippen LogP contribution in [0.25, 0.3) is 0 Å². The van der Waals surface area contributed by atoms with Crippen LogP contribution in [-0.2, 0) is 14.3 Å². The molecule has 1 rings (SSSR count). The van der Waals surface area contributed by atoms with Crippen LogP contribution >= 0.6 is 27.5 Å². The lowest BCUT2D eigenvalue weighted by Crippen LogP contribution is -2.14. The van der Waals surface area contributed by atoms with Crippen molar-refractivity contribution in [1.29, 1.82) is 0 Å². The van der Waals surface area contributed by atoms with Gasteiger partial charge in [0.15, 0.2) is 0 Å². The summed E-state index contributed by atoms with van der Waals surface area (Å²) in [5.41, 5.74) is 0.580. The molecule has 18 heavy (non-hydrogen) atoms. The van der Waals surface area contributed by atoms with E-state index in [2.05, 4.69) is 21.2 Å². The van der Waals surface area contributed by atoms with E-state index < -0.39 is 0 Å². The molecule has 0 aromatic heterocycles. The lowest BCUT2D eigenvalue weighted by molar-refractivity contribution is -0.144. The standard InChI is InChI=1S/C12H13BrClNO3/c1-2-18-12(17)6-5-11(16)15-10-7-8(14)3-4-9(10)13/h3-4,7H,2,5-6H2,1H3,(H,15,16). The molecule has 0 bridgehead atoms. The second-order valence-electron chi connectivity index (χ2n) is 3.48. The van der Waals surface area contributed by atoms with Crippen LogP contribution in [0.5, 0.6) is 0 Å². The van der Waals surface area contributed by atoms with Crippen LogP contribution in [0.2, 0.25) is 5.02 Å². The van der Waals surface area contributed by atoms with Gasteiger partial charge in [0.25, 0.3) is 0 Å². The number of hydrogen-bond acceptors (Lipinski definition) is 3. The van der Waals surface area contributed by atoms with Crippen molar-refractivity contribution in [1.82, 2.24) is 0 Å². The van der Waals surface area contributed by atoms with Gasteiger partial charge < -0.3 is 10.1 Å². The Morgan fingerprint density at radius 1 is 1.39 bits per heavy atom. The highest BCUT2D eigenvalue weighted by atomic mass is 79.9. The van der Waals surface area contributed by atoms with E-state index in [1.807, 2.05) is 0 Å². The van der Waals surface area contributed by atoms with Gasteiger partial charge >= 0.3 is 5.97 Å². The van der Waals surface area contributed by atoms with Gasteiger partial charge in [-0.05, 0) is 41.1 Å². The topological polar surface area (TPSA) is 55.4 Å². The van der Waals surface area contributed by atoms with Crippen LogP contribution in [0.4, 0.5) is 5.69 Å². The van der Waals surface area contributed by atoms with Gasteiger partial charge in [-0.15, -0.1) is 0 Å². The molecule has 6 heteroatoms. The Bertz CT molecular complexity index is 451. The van der Waals surface area contributed by atoms with Crippen LogP contribution in [0, 0.1) is 0 Å². The van der Waals surface area contributed by atoms with Crippen LogP contribution in [0.15, 0.2) is 22.7 Å². The minimum Gasteiger partial charge on any atom is -0.466 e. The molecule has 0 aliphatic carbocycles. The van der Waals surface area contributed by atoms with Crippen LogP contribution in [0.3, 0.4) is 0 Å². The van der Waals surface area contributed by atoms with Crippen LogP contribution in [0.1, 0.15) is 19.8 Å². The minimum absolute atomic E-state index is 0.0673. The molecular formula is C12H13BrClNO3. The Kier molecular flexibility index (Phi) is 6.15. The quantitative estimate of drug-likeness (QED) is 0.840. The maximum atomic E-state index is 11.6. The predicted molar refractivity (Wildman–Crippen MR) is 73.6 cm³/mol. The van der Waals surface area contributed by atoms with E-state index in [-0.39, 0.29) is 24.7 Å². The third-order valence-corrected chi connectivity index (χ3v) is 2.99. The van der Waals surface area contributed by atoms with Gasteiger partial charge in [0.1, 0.15) is 0 Å².